The maximum Gasteiger partial charge on any atom is 0.260 e. The molecule has 0 saturated carbocycles. The summed E-state index contributed by atoms with van der Waals surface area (Å²) in [5, 5.41) is 1.19. The molecule has 31 heavy (non-hydrogen) atoms. The molecular formula is C21H25Cl2N3O3S2. The molecule has 0 bridgehead atoms. The van der Waals surface area contributed by atoms with Crippen molar-refractivity contribution in [2.75, 3.05) is 38.3 Å². The van der Waals surface area contributed by atoms with E-state index in [0.717, 1.165) is 35.0 Å². The Balaban J connectivity index is 0.00000341. The van der Waals surface area contributed by atoms with E-state index < -0.39 is 9.84 Å². The van der Waals surface area contributed by atoms with E-state index in [-0.39, 0.29) is 23.2 Å². The van der Waals surface area contributed by atoms with E-state index in [4.69, 9.17) is 16.6 Å². The number of anilines is 1. The third-order valence-electron chi connectivity index (χ3n) is 4.68. The van der Waals surface area contributed by atoms with Crippen LogP contribution in [0.2, 0.25) is 5.02 Å². The Bertz CT molecular complexity index is 1140. The number of amides is 1. The minimum Gasteiger partial charge on any atom is -0.309 e. The number of aromatic nitrogens is 1. The molecule has 168 valence electrons. The molecule has 3 rings (SSSR count). The van der Waals surface area contributed by atoms with Crippen LogP contribution in [-0.4, -0.2) is 57.6 Å². The molecule has 0 saturated heterocycles. The summed E-state index contributed by atoms with van der Waals surface area (Å²) in [4.78, 5) is 21.9. The molecule has 0 aliphatic carbocycles. The smallest absolute Gasteiger partial charge is 0.260 e. The summed E-state index contributed by atoms with van der Waals surface area (Å²) in [6, 6.07) is 9.76. The van der Waals surface area contributed by atoms with Crippen LogP contribution in [0.4, 0.5) is 5.13 Å². The van der Waals surface area contributed by atoms with Crippen molar-refractivity contribution in [3.05, 3.63) is 52.5 Å². The van der Waals surface area contributed by atoms with Gasteiger partial charge >= 0.3 is 0 Å². The molecule has 1 heterocycles. The highest BCUT2D eigenvalue weighted by Gasteiger charge is 2.23. The number of fused-ring (bicyclic) bond motifs is 1. The van der Waals surface area contributed by atoms with Crippen LogP contribution in [0.25, 0.3) is 10.2 Å². The highest BCUT2D eigenvalue weighted by molar-refractivity contribution is 7.90. The van der Waals surface area contributed by atoms with Gasteiger partial charge in [0.05, 0.1) is 20.1 Å². The van der Waals surface area contributed by atoms with E-state index in [1.165, 1.54) is 23.5 Å². The lowest BCUT2D eigenvalue weighted by molar-refractivity contribution is 0.0986. The molecule has 0 spiro atoms. The molecule has 2 aromatic carbocycles. The predicted molar refractivity (Wildman–Crippen MR) is 131 cm³/mol. The predicted octanol–water partition coefficient (Wildman–Crippen LogP) is 4.68. The van der Waals surface area contributed by atoms with E-state index in [0.29, 0.717) is 22.3 Å². The van der Waals surface area contributed by atoms with Crippen molar-refractivity contribution in [1.29, 1.82) is 0 Å². The van der Waals surface area contributed by atoms with Crippen molar-refractivity contribution in [2.24, 2.45) is 0 Å². The Labute approximate surface area is 198 Å². The van der Waals surface area contributed by atoms with Crippen LogP contribution in [0.15, 0.2) is 41.3 Å². The van der Waals surface area contributed by atoms with Crippen molar-refractivity contribution >= 4 is 66.4 Å². The fourth-order valence-corrected chi connectivity index (χ4v) is 5.01. The maximum absolute atomic E-state index is 13.3. The van der Waals surface area contributed by atoms with E-state index in [2.05, 4.69) is 4.90 Å². The molecule has 0 aliphatic rings. The van der Waals surface area contributed by atoms with Crippen molar-refractivity contribution < 1.29 is 13.2 Å². The first-order valence-electron chi connectivity index (χ1n) is 9.40. The Hall–Kier alpha value is -1.71. The van der Waals surface area contributed by atoms with Gasteiger partial charge in [-0.3, -0.25) is 9.69 Å². The lowest BCUT2D eigenvalue weighted by Crippen LogP contribution is -2.33. The number of rotatable bonds is 7. The van der Waals surface area contributed by atoms with Crippen molar-refractivity contribution in [1.82, 2.24) is 9.88 Å². The zero-order valence-corrected chi connectivity index (χ0v) is 21.0. The minimum absolute atomic E-state index is 0. The molecule has 0 fully saturated rings. The zero-order chi connectivity index (χ0) is 22.1. The van der Waals surface area contributed by atoms with Gasteiger partial charge in [0.15, 0.2) is 15.0 Å². The maximum atomic E-state index is 13.3. The summed E-state index contributed by atoms with van der Waals surface area (Å²) >= 11 is 7.74. The topological polar surface area (TPSA) is 70.6 Å². The number of halogens is 2. The minimum atomic E-state index is -3.32. The number of thiazole rings is 1. The molecule has 1 aromatic heterocycles. The van der Waals surface area contributed by atoms with Crippen LogP contribution in [0, 0.1) is 6.92 Å². The van der Waals surface area contributed by atoms with Crippen LogP contribution in [0.3, 0.4) is 0 Å². The van der Waals surface area contributed by atoms with Crippen LogP contribution >= 0.6 is 35.3 Å². The summed E-state index contributed by atoms with van der Waals surface area (Å²) in [6.45, 7) is 3.27. The molecule has 6 nitrogen and oxygen atoms in total. The molecule has 3 aromatic rings. The quantitative estimate of drug-likeness (QED) is 0.469. The number of carbonyl (C=O) groups is 1. The second-order valence-corrected chi connectivity index (χ2v) is 10.8. The van der Waals surface area contributed by atoms with E-state index in [1.54, 1.807) is 17.0 Å². The average Bonchev–Trinajstić information content (AvgIpc) is 3.13. The van der Waals surface area contributed by atoms with Crippen molar-refractivity contribution in [3.8, 4) is 0 Å². The molecule has 0 atom stereocenters. The van der Waals surface area contributed by atoms with Gasteiger partial charge in [-0.2, -0.15) is 0 Å². The Morgan fingerprint density at radius 3 is 2.29 bits per heavy atom. The lowest BCUT2D eigenvalue weighted by Gasteiger charge is -2.21. The number of nitrogens with zero attached hydrogens (tertiary/aromatic N) is 3. The largest absolute Gasteiger partial charge is 0.309 e. The SMILES string of the molecule is Cc1ccc(Cl)c2sc(N(CCCN(C)C)C(=O)c3ccc(S(C)(=O)=O)cc3)nc12.Cl. The first-order valence-corrected chi connectivity index (χ1v) is 12.5. The number of benzene rings is 2. The second kappa shape index (κ2) is 10.3. The fraction of sp³-hybridized carbons (Fsp3) is 0.333. The Morgan fingerprint density at radius 2 is 1.74 bits per heavy atom. The van der Waals surface area contributed by atoms with Gasteiger partial charge in [0.1, 0.15) is 0 Å². The molecule has 0 N–H and O–H groups in total. The van der Waals surface area contributed by atoms with E-state index in [9.17, 15) is 13.2 Å². The molecular weight excluding hydrogens is 477 g/mol. The normalized spacial score (nSPS) is 11.5. The second-order valence-electron chi connectivity index (χ2n) is 7.45. The number of aryl methyl sites for hydroxylation is 1. The first kappa shape index (κ1) is 25.5. The van der Waals surface area contributed by atoms with Crippen molar-refractivity contribution in [3.63, 3.8) is 0 Å². The van der Waals surface area contributed by atoms with E-state index in [1.807, 2.05) is 33.2 Å². The van der Waals surface area contributed by atoms with Gasteiger partial charge in [-0.05, 0) is 69.9 Å². The number of sulfone groups is 1. The number of hydrogen-bond acceptors (Lipinski definition) is 6. The monoisotopic (exact) mass is 501 g/mol. The number of carbonyl (C=O) groups excluding carboxylic acids is 1. The van der Waals surface area contributed by atoms with Gasteiger partial charge in [-0.1, -0.05) is 29.0 Å². The van der Waals surface area contributed by atoms with Crippen LogP contribution in [-0.2, 0) is 9.84 Å². The fourth-order valence-electron chi connectivity index (χ4n) is 3.04. The third kappa shape index (κ3) is 5.96. The molecule has 1 amide bonds. The number of hydrogen-bond donors (Lipinski definition) is 0. The highest BCUT2D eigenvalue weighted by atomic mass is 35.5. The average molecular weight is 502 g/mol. The zero-order valence-electron chi connectivity index (χ0n) is 17.8. The van der Waals surface area contributed by atoms with Gasteiger partial charge in [0.2, 0.25) is 0 Å². The standard InChI is InChI=1S/C21H24ClN3O3S2.ClH/c1-14-6-11-17(22)19-18(14)23-21(29-19)25(13-5-12-24(2)3)20(26)15-7-9-16(10-8-15)30(4,27)28;/h6-11H,5,12-13H2,1-4H3;1H. The van der Waals surface area contributed by atoms with Gasteiger partial charge in [0, 0.05) is 18.4 Å². The van der Waals surface area contributed by atoms with Gasteiger partial charge in [0.25, 0.3) is 5.91 Å². The van der Waals surface area contributed by atoms with Crippen molar-refractivity contribution in [2.45, 2.75) is 18.2 Å². The molecule has 0 radical (unpaired) electrons. The summed E-state index contributed by atoms with van der Waals surface area (Å²) in [5.41, 5.74) is 2.20. The summed E-state index contributed by atoms with van der Waals surface area (Å²) < 4.78 is 24.3. The third-order valence-corrected chi connectivity index (χ3v) is 7.35. The van der Waals surface area contributed by atoms with Gasteiger partial charge in [-0.25, -0.2) is 13.4 Å². The Morgan fingerprint density at radius 1 is 1.10 bits per heavy atom. The van der Waals surface area contributed by atoms with Crippen LogP contribution in [0.5, 0.6) is 0 Å². The Kier molecular flexibility index (Phi) is 8.47. The first-order chi connectivity index (χ1) is 14.1. The summed E-state index contributed by atoms with van der Waals surface area (Å²) in [6.07, 6.45) is 1.91. The molecule has 0 unspecified atom stereocenters. The highest BCUT2D eigenvalue weighted by Crippen LogP contribution is 2.36. The van der Waals surface area contributed by atoms with Crippen LogP contribution in [0.1, 0.15) is 22.3 Å². The lowest BCUT2D eigenvalue weighted by atomic mass is 10.2. The van der Waals surface area contributed by atoms with Gasteiger partial charge < -0.3 is 4.90 Å². The van der Waals surface area contributed by atoms with Gasteiger partial charge in [-0.15, -0.1) is 12.4 Å². The molecule has 0 aliphatic heterocycles. The molecule has 10 heteroatoms. The summed E-state index contributed by atoms with van der Waals surface area (Å²) in [7, 11) is 0.642. The van der Waals surface area contributed by atoms with E-state index >= 15 is 0 Å². The summed E-state index contributed by atoms with van der Waals surface area (Å²) in [5.74, 6) is -0.221. The van der Waals surface area contributed by atoms with Crippen LogP contribution < -0.4 is 4.90 Å².